The van der Waals surface area contributed by atoms with Crippen LogP contribution in [0.2, 0.25) is 0 Å². The van der Waals surface area contributed by atoms with Gasteiger partial charge < -0.3 is 4.74 Å². The van der Waals surface area contributed by atoms with Gasteiger partial charge in [-0.1, -0.05) is 84.9 Å². The number of ether oxygens (including phenoxy) is 1. The predicted molar refractivity (Wildman–Crippen MR) is 111 cm³/mol. The molecule has 3 nitrogen and oxygen atoms in total. The molecule has 27 heavy (non-hydrogen) atoms. The number of benzene rings is 3. The van der Waals surface area contributed by atoms with Crippen molar-refractivity contribution in [3.63, 3.8) is 0 Å². The molecule has 0 bridgehead atoms. The molecule has 3 aromatic carbocycles. The van der Waals surface area contributed by atoms with E-state index < -0.39 is 12.9 Å². The predicted octanol–water partition coefficient (Wildman–Crippen LogP) is 2.91. The summed E-state index contributed by atoms with van der Waals surface area (Å²) in [5.41, 5.74) is 0.599. The fourth-order valence-electron chi connectivity index (χ4n) is 3.78. The van der Waals surface area contributed by atoms with Gasteiger partial charge in [0.25, 0.3) is 0 Å². The molecular formula is C23H19O3P. The molecule has 0 fully saturated rings. The van der Waals surface area contributed by atoms with Crippen LogP contribution in [0.15, 0.2) is 84.9 Å². The lowest BCUT2D eigenvalue weighted by Crippen LogP contribution is -2.32. The average molecular weight is 374 g/mol. The third-order valence-corrected chi connectivity index (χ3v) is 9.13. The Morgan fingerprint density at radius 1 is 0.815 bits per heavy atom. The van der Waals surface area contributed by atoms with Crippen molar-refractivity contribution in [2.24, 2.45) is 0 Å². The van der Waals surface area contributed by atoms with Gasteiger partial charge in [-0.15, -0.1) is 0 Å². The van der Waals surface area contributed by atoms with E-state index in [9.17, 15) is 9.59 Å². The Morgan fingerprint density at radius 2 is 1.33 bits per heavy atom. The van der Waals surface area contributed by atoms with Gasteiger partial charge >= 0.3 is 5.97 Å². The minimum absolute atomic E-state index is 0.218. The molecule has 4 rings (SSSR count). The topological polar surface area (TPSA) is 43.4 Å². The van der Waals surface area contributed by atoms with E-state index in [1.54, 1.807) is 6.92 Å². The van der Waals surface area contributed by atoms with Crippen LogP contribution in [0.4, 0.5) is 0 Å². The fourth-order valence-corrected chi connectivity index (χ4v) is 8.24. The van der Waals surface area contributed by atoms with Crippen LogP contribution in [0.5, 0.6) is 0 Å². The SMILES string of the molecule is CCOC(=O)C1=P(c2ccccc2)(c2ccccc2)c2ccccc2C1=O. The Labute approximate surface area is 158 Å². The number of Topliss-reactive ketones (excluding diaryl/α,β-unsaturated/α-hetero) is 1. The van der Waals surface area contributed by atoms with Crippen LogP contribution < -0.4 is 15.9 Å². The fraction of sp³-hybridized carbons (Fsp3) is 0.0870. The first-order chi connectivity index (χ1) is 13.2. The maximum atomic E-state index is 13.4. The lowest BCUT2D eigenvalue weighted by atomic mass is 10.1. The minimum atomic E-state index is -2.60. The molecule has 0 unspecified atom stereocenters. The second kappa shape index (κ2) is 7.02. The van der Waals surface area contributed by atoms with Crippen LogP contribution in [0.3, 0.4) is 0 Å². The minimum Gasteiger partial charge on any atom is -0.462 e. The zero-order valence-electron chi connectivity index (χ0n) is 15.0. The first kappa shape index (κ1) is 17.5. The highest BCUT2D eigenvalue weighted by atomic mass is 31.2. The molecular weight excluding hydrogens is 355 g/mol. The summed E-state index contributed by atoms with van der Waals surface area (Å²) in [5.74, 6) is -0.732. The summed E-state index contributed by atoms with van der Waals surface area (Å²) in [6, 6.07) is 27.3. The molecule has 0 saturated carbocycles. The van der Waals surface area contributed by atoms with E-state index in [2.05, 4.69) is 0 Å². The molecule has 0 atom stereocenters. The van der Waals surface area contributed by atoms with Crippen molar-refractivity contribution in [3.05, 3.63) is 90.5 Å². The van der Waals surface area contributed by atoms with Crippen LogP contribution in [0, 0.1) is 0 Å². The summed E-state index contributed by atoms with van der Waals surface area (Å²) < 4.78 is 5.36. The molecule has 0 N–H and O–H groups in total. The van der Waals surface area contributed by atoms with Gasteiger partial charge in [-0.2, -0.15) is 0 Å². The second-order valence-corrected chi connectivity index (χ2v) is 9.56. The zero-order valence-corrected chi connectivity index (χ0v) is 15.9. The molecule has 3 aromatic rings. The summed E-state index contributed by atoms with van der Waals surface area (Å²) in [6.07, 6.45) is 0. The number of esters is 1. The lowest BCUT2D eigenvalue weighted by Gasteiger charge is -2.27. The van der Waals surface area contributed by atoms with Crippen molar-refractivity contribution in [2.45, 2.75) is 6.92 Å². The molecule has 0 aromatic heterocycles. The molecule has 1 heterocycles. The monoisotopic (exact) mass is 374 g/mol. The Kier molecular flexibility index (Phi) is 4.55. The van der Waals surface area contributed by atoms with Crippen LogP contribution in [0.25, 0.3) is 0 Å². The summed E-state index contributed by atoms with van der Waals surface area (Å²) in [7, 11) is 0. The van der Waals surface area contributed by atoms with E-state index in [1.807, 2.05) is 84.9 Å². The third kappa shape index (κ3) is 2.58. The zero-order chi connectivity index (χ0) is 18.9. The number of carbonyl (C=O) groups is 2. The number of fused-ring (bicyclic) bond motifs is 1. The summed E-state index contributed by atoms with van der Waals surface area (Å²) >= 11 is 0. The van der Waals surface area contributed by atoms with Gasteiger partial charge in [0.15, 0.2) is 0 Å². The summed E-state index contributed by atoms with van der Waals surface area (Å²) in [6.45, 7) is -0.609. The molecule has 134 valence electrons. The lowest BCUT2D eigenvalue weighted by molar-refractivity contribution is -0.134. The van der Waals surface area contributed by atoms with Crippen molar-refractivity contribution in [1.82, 2.24) is 0 Å². The molecule has 4 heteroatoms. The Hall–Kier alpha value is -2.90. The van der Waals surface area contributed by atoms with Gasteiger partial charge in [-0.25, -0.2) is 4.79 Å². The van der Waals surface area contributed by atoms with Gasteiger partial charge in [0.2, 0.25) is 5.78 Å². The number of ketones is 1. The molecule has 0 spiro atoms. The number of hydrogen-bond acceptors (Lipinski definition) is 3. The molecule has 1 aliphatic heterocycles. The van der Waals surface area contributed by atoms with E-state index in [-0.39, 0.29) is 17.7 Å². The van der Waals surface area contributed by atoms with Crippen LogP contribution in [-0.2, 0) is 9.53 Å². The number of carbonyl (C=O) groups excluding carboxylic acids is 2. The van der Waals surface area contributed by atoms with E-state index in [0.29, 0.717) is 5.56 Å². The van der Waals surface area contributed by atoms with E-state index in [4.69, 9.17) is 4.74 Å². The van der Waals surface area contributed by atoms with E-state index in [1.165, 1.54) is 0 Å². The first-order valence-corrected chi connectivity index (χ1v) is 10.7. The molecule has 1 aliphatic rings. The maximum Gasteiger partial charge on any atom is 0.343 e. The van der Waals surface area contributed by atoms with E-state index in [0.717, 1.165) is 15.9 Å². The van der Waals surface area contributed by atoms with Crippen molar-refractivity contribution in [3.8, 4) is 0 Å². The van der Waals surface area contributed by atoms with Crippen LogP contribution in [0.1, 0.15) is 17.3 Å². The van der Waals surface area contributed by atoms with Crippen molar-refractivity contribution in [1.29, 1.82) is 0 Å². The molecule has 0 radical (unpaired) electrons. The number of hydrogen-bond donors (Lipinski definition) is 0. The van der Waals surface area contributed by atoms with Gasteiger partial charge in [0.1, 0.15) is 5.29 Å². The largest absolute Gasteiger partial charge is 0.462 e. The van der Waals surface area contributed by atoms with Gasteiger partial charge in [0.05, 0.1) is 6.61 Å². The maximum absolute atomic E-state index is 13.4. The standard InChI is InChI=1S/C23H19O3P/c1-2-26-23(25)22-21(24)19-15-9-10-16-20(19)27(22,17-11-5-3-6-12-17)18-13-7-4-8-14-18/h3-16H,2H2,1H3. The van der Waals surface area contributed by atoms with Crippen LogP contribution in [-0.4, -0.2) is 23.7 Å². The third-order valence-electron chi connectivity index (χ3n) is 4.82. The average Bonchev–Trinajstić information content (AvgIpc) is 2.99. The van der Waals surface area contributed by atoms with Crippen molar-refractivity contribution < 1.29 is 14.3 Å². The smallest absolute Gasteiger partial charge is 0.343 e. The van der Waals surface area contributed by atoms with Gasteiger partial charge in [-0.05, 0) is 29.7 Å². The van der Waals surface area contributed by atoms with Crippen molar-refractivity contribution in [2.75, 3.05) is 6.61 Å². The quantitative estimate of drug-likeness (QED) is 0.521. The van der Waals surface area contributed by atoms with Crippen molar-refractivity contribution >= 4 is 39.8 Å². The second-order valence-electron chi connectivity index (χ2n) is 6.26. The molecule has 0 saturated heterocycles. The Bertz CT molecular complexity index is 1030. The number of rotatable bonds is 4. The molecule has 0 aliphatic carbocycles. The van der Waals surface area contributed by atoms with Gasteiger partial charge in [-0.3, -0.25) is 4.79 Å². The highest BCUT2D eigenvalue weighted by molar-refractivity contribution is 7.98. The Morgan fingerprint density at radius 3 is 1.89 bits per heavy atom. The Balaban J connectivity index is 2.22. The summed E-state index contributed by atoms with van der Waals surface area (Å²) in [4.78, 5) is 26.4. The molecule has 0 amide bonds. The van der Waals surface area contributed by atoms with E-state index >= 15 is 0 Å². The first-order valence-electron chi connectivity index (χ1n) is 8.90. The van der Waals surface area contributed by atoms with Gasteiger partial charge in [0, 0.05) is 5.56 Å². The highest BCUT2D eigenvalue weighted by Gasteiger charge is 2.45. The van der Waals surface area contributed by atoms with Crippen LogP contribution >= 0.6 is 6.89 Å². The summed E-state index contributed by atoms with van der Waals surface area (Å²) in [5, 5.41) is 3.16. The normalized spacial score (nSPS) is 14.7. The highest BCUT2D eigenvalue weighted by Crippen LogP contribution is 2.51.